The first kappa shape index (κ1) is 17.0. The fraction of sp³-hybridized carbons (Fsp3) is 0.235. The number of nitrogens with one attached hydrogen (secondary N) is 1. The summed E-state index contributed by atoms with van der Waals surface area (Å²) >= 11 is 1.47. The number of nitro groups is 1. The summed E-state index contributed by atoms with van der Waals surface area (Å²) in [6.07, 6.45) is 0. The van der Waals surface area contributed by atoms with Crippen LogP contribution in [0.1, 0.15) is 16.7 Å². The summed E-state index contributed by atoms with van der Waals surface area (Å²) in [5.74, 6) is 0.919. The maximum Gasteiger partial charge on any atom is 0.269 e. The van der Waals surface area contributed by atoms with Crippen molar-refractivity contribution in [2.45, 2.75) is 19.6 Å². The van der Waals surface area contributed by atoms with Crippen molar-refractivity contribution < 1.29 is 9.72 Å². The average Bonchev–Trinajstić information content (AvgIpc) is 2.51. The molecule has 0 heterocycles. The maximum absolute atomic E-state index is 11.9. The number of benzene rings is 2. The second-order valence-electron chi connectivity index (χ2n) is 5.26. The Morgan fingerprint density at radius 1 is 1.13 bits per heavy atom. The highest BCUT2D eigenvalue weighted by molar-refractivity contribution is 7.99. The number of anilines is 1. The molecule has 5 nitrogen and oxygen atoms in total. The molecule has 0 unspecified atom stereocenters. The second kappa shape index (κ2) is 7.78. The molecule has 0 aromatic heterocycles. The highest BCUT2D eigenvalue weighted by atomic mass is 32.2. The van der Waals surface area contributed by atoms with Crippen molar-refractivity contribution >= 4 is 29.0 Å². The Morgan fingerprint density at radius 2 is 1.83 bits per heavy atom. The van der Waals surface area contributed by atoms with Gasteiger partial charge in [-0.15, -0.1) is 11.8 Å². The zero-order valence-corrected chi connectivity index (χ0v) is 13.9. The molecule has 2 aromatic rings. The fourth-order valence-electron chi connectivity index (χ4n) is 1.99. The summed E-state index contributed by atoms with van der Waals surface area (Å²) in [4.78, 5) is 22.1. The number of thioether (sulfide) groups is 1. The van der Waals surface area contributed by atoms with Crippen molar-refractivity contribution in [1.29, 1.82) is 0 Å². The van der Waals surface area contributed by atoms with Crippen LogP contribution in [-0.4, -0.2) is 16.6 Å². The predicted molar refractivity (Wildman–Crippen MR) is 93.8 cm³/mol. The van der Waals surface area contributed by atoms with Gasteiger partial charge in [-0.05, 0) is 42.7 Å². The first-order valence-corrected chi connectivity index (χ1v) is 8.29. The Hall–Kier alpha value is -2.34. The van der Waals surface area contributed by atoms with Crippen LogP contribution in [0, 0.1) is 24.0 Å². The van der Waals surface area contributed by atoms with E-state index in [-0.39, 0.29) is 11.6 Å². The van der Waals surface area contributed by atoms with E-state index >= 15 is 0 Å². The largest absolute Gasteiger partial charge is 0.325 e. The topological polar surface area (TPSA) is 72.2 Å². The molecule has 0 aliphatic carbocycles. The van der Waals surface area contributed by atoms with Gasteiger partial charge in [0.05, 0.1) is 10.7 Å². The van der Waals surface area contributed by atoms with Crippen LogP contribution < -0.4 is 5.32 Å². The van der Waals surface area contributed by atoms with Crippen molar-refractivity contribution in [3.63, 3.8) is 0 Å². The van der Waals surface area contributed by atoms with Gasteiger partial charge in [0.2, 0.25) is 5.91 Å². The Morgan fingerprint density at radius 3 is 2.43 bits per heavy atom. The summed E-state index contributed by atoms with van der Waals surface area (Å²) in [5, 5.41) is 13.5. The molecule has 0 saturated carbocycles. The Balaban J connectivity index is 1.80. The molecule has 0 saturated heterocycles. The second-order valence-corrected chi connectivity index (χ2v) is 6.25. The number of nitrogens with zero attached hydrogens (tertiary/aromatic N) is 1. The summed E-state index contributed by atoms with van der Waals surface area (Å²) < 4.78 is 0. The van der Waals surface area contributed by atoms with E-state index in [1.807, 2.05) is 32.0 Å². The van der Waals surface area contributed by atoms with Crippen molar-refractivity contribution in [3.05, 3.63) is 69.3 Å². The monoisotopic (exact) mass is 330 g/mol. The maximum atomic E-state index is 11.9. The fourth-order valence-corrected chi connectivity index (χ4v) is 2.78. The van der Waals surface area contributed by atoms with Gasteiger partial charge in [0.1, 0.15) is 0 Å². The van der Waals surface area contributed by atoms with Crippen LogP contribution in [0.3, 0.4) is 0 Å². The van der Waals surface area contributed by atoms with Crippen LogP contribution in [0.4, 0.5) is 11.4 Å². The van der Waals surface area contributed by atoms with Crippen LogP contribution in [0.5, 0.6) is 0 Å². The molecule has 0 aliphatic heterocycles. The number of nitro benzene ring substituents is 1. The minimum Gasteiger partial charge on any atom is -0.325 e. The molecule has 120 valence electrons. The van der Waals surface area contributed by atoms with Gasteiger partial charge in [0.15, 0.2) is 0 Å². The zero-order chi connectivity index (χ0) is 16.8. The van der Waals surface area contributed by atoms with Crippen LogP contribution >= 0.6 is 11.8 Å². The lowest BCUT2D eigenvalue weighted by atomic mass is 10.1. The number of non-ortho nitro benzene ring substituents is 1. The molecule has 2 aromatic carbocycles. The lowest BCUT2D eigenvalue weighted by molar-refractivity contribution is -0.384. The lowest BCUT2D eigenvalue weighted by Crippen LogP contribution is -2.14. The Bertz CT molecular complexity index is 714. The lowest BCUT2D eigenvalue weighted by Gasteiger charge is -2.07. The molecular weight excluding hydrogens is 312 g/mol. The van der Waals surface area contributed by atoms with Crippen molar-refractivity contribution in [2.75, 3.05) is 11.1 Å². The van der Waals surface area contributed by atoms with Crippen molar-refractivity contribution in [3.8, 4) is 0 Å². The third-order valence-electron chi connectivity index (χ3n) is 3.44. The number of amides is 1. The van der Waals surface area contributed by atoms with Gasteiger partial charge < -0.3 is 5.32 Å². The molecule has 0 radical (unpaired) electrons. The summed E-state index contributed by atoms with van der Waals surface area (Å²) in [6.45, 7) is 4.04. The summed E-state index contributed by atoms with van der Waals surface area (Å²) in [5.41, 5.74) is 4.16. The Labute approximate surface area is 139 Å². The number of aryl methyl sites for hydroxylation is 2. The molecule has 0 atom stereocenters. The van der Waals surface area contributed by atoms with Gasteiger partial charge in [0.25, 0.3) is 5.69 Å². The third-order valence-corrected chi connectivity index (χ3v) is 4.44. The SMILES string of the molecule is Cc1ccc(NC(=O)CSCc2ccc([N+](=O)[O-])cc2)cc1C. The molecule has 0 aliphatic rings. The van der Waals surface area contributed by atoms with Gasteiger partial charge in [-0.25, -0.2) is 0 Å². The minimum absolute atomic E-state index is 0.0554. The van der Waals surface area contributed by atoms with Crippen LogP contribution in [0.15, 0.2) is 42.5 Å². The normalized spacial score (nSPS) is 10.3. The highest BCUT2D eigenvalue weighted by Crippen LogP contribution is 2.18. The van der Waals surface area contributed by atoms with Crippen LogP contribution in [-0.2, 0) is 10.5 Å². The average molecular weight is 330 g/mol. The van der Waals surface area contributed by atoms with E-state index in [1.165, 1.54) is 29.5 Å². The van der Waals surface area contributed by atoms with Gasteiger partial charge >= 0.3 is 0 Å². The molecule has 6 heteroatoms. The number of carbonyl (C=O) groups excluding carboxylic acids is 1. The van der Waals surface area contributed by atoms with Gasteiger partial charge in [-0.2, -0.15) is 0 Å². The first-order valence-electron chi connectivity index (χ1n) is 7.14. The molecular formula is C17H18N2O3S. The predicted octanol–water partition coefficient (Wildman–Crippen LogP) is 4.08. The van der Waals surface area contributed by atoms with E-state index in [9.17, 15) is 14.9 Å². The quantitative estimate of drug-likeness (QED) is 0.640. The molecule has 0 spiro atoms. The van der Waals surface area contributed by atoms with E-state index < -0.39 is 4.92 Å². The van der Waals surface area contributed by atoms with Gasteiger partial charge in [-0.1, -0.05) is 18.2 Å². The van der Waals surface area contributed by atoms with Crippen LogP contribution in [0.25, 0.3) is 0 Å². The third kappa shape index (κ3) is 5.10. The van der Waals surface area contributed by atoms with E-state index in [0.29, 0.717) is 11.5 Å². The summed E-state index contributed by atoms with van der Waals surface area (Å²) in [6, 6.07) is 12.2. The first-order chi connectivity index (χ1) is 11.0. The summed E-state index contributed by atoms with van der Waals surface area (Å²) in [7, 11) is 0. The van der Waals surface area contributed by atoms with Crippen molar-refractivity contribution in [1.82, 2.24) is 0 Å². The van der Waals surface area contributed by atoms with Crippen LogP contribution in [0.2, 0.25) is 0 Å². The van der Waals surface area contributed by atoms with E-state index in [4.69, 9.17) is 0 Å². The van der Waals surface area contributed by atoms with E-state index in [1.54, 1.807) is 12.1 Å². The van der Waals surface area contributed by atoms with Crippen molar-refractivity contribution in [2.24, 2.45) is 0 Å². The van der Waals surface area contributed by atoms with Gasteiger partial charge in [-0.3, -0.25) is 14.9 Å². The molecule has 1 N–H and O–H groups in total. The minimum atomic E-state index is -0.423. The Kier molecular flexibility index (Phi) is 5.76. The highest BCUT2D eigenvalue weighted by Gasteiger charge is 2.06. The van der Waals surface area contributed by atoms with E-state index in [0.717, 1.165) is 16.8 Å². The number of hydrogen-bond acceptors (Lipinski definition) is 4. The zero-order valence-electron chi connectivity index (χ0n) is 13.0. The number of carbonyl (C=O) groups is 1. The molecule has 1 amide bonds. The standard InChI is InChI=1S/C17H18N2O3S/c1-12-3-6-15(9-13(12)2)18-17(20)11-23-10-14-4-7-16(8-5-14)19(21)22/h3-9H,10-11H2,1-2H3,(H,18,20). The molecule has 2 rings (SSSR count). The van der Waals surface area contributed by atoms with Gasteiger partial charge in [0, 0.05) is 23.6 Å². The number of rotatable bonds is 6. The molecule has 0 fully saturated rings. The number of hydrogen-bond donors (Lipinski definition) is 1. The van der Waals surface area contributed by atoms with E-state index in [2.05, 4.69) is 5.32 Å². The smallest absolute Gasteiger partial charge is 0.269 e. The molecule has 0 bridgehead atoms. The molecule has 23 heavy (non-hydrogen) atoms.